The minimum atomic E-state index is -0.302. The fourth-order valence-electron chi connectivity index (χ4n) is 1.96. The summed E-state index contributed by atoms with van der Waals surface area (Å²) in [5, 5.41) is 2.05. The third-order valence-corrected chi connectivity index (χ3v) is 2.93. The molecule has 2 rings (SSSR count). The van der Waals surface area contributed by atoms with Gasteiger partial charge in [-0.1, -0.05) is 48.6 Å². The molecule has 0 aliphatic carbocycles. The number of esters is 1. The first-order chi connectivity index (χ1) is 9.26. The highest BCUT2D eigenvalue weighted by atomic mass is 16.5. The molecular formula is C16H14O3. The summed E-state index contributed by atoms with van der Waals surface area (Å²) in [6.07, 6.45) is 4.52. The molecule has 0 bridgehead atoms. The van der Waals surface area contributed by atoms with Gasteiger partial charge in [-0.3, -0.25) is 9.59 Å². The molecule has 0 aromatic heterocycles. The van der Waals surface area contributed by atoms with Crippen molar-refractivity contribution in [2.45, 2.75) is 6.42 Å². The zero-order valence-electron chi connectivity index (χ0n) is 10.6. The molecule has 0 saturated heterocycles. The first kappa shape index (κ1) is 13.0. The van der Waals surface area contributed by atoms with Crippen LogP contribution >= 0.6 is 0 Å². The number of hydrogen-bond acceptors (Lipinski definition) is 3. The lowest BCUT2D eigenvalue weighted by Gasteiger charge is -2.05. The van der Waals surface area contributed by atoms with Gasteiger partial charge in [-0.15, -0.1) is 0 Å². The summed E-state index contributed by atoms with van der Waals surface area (Å²) in [5.74, 6) is -0.302. The van der Waals surface area contributed by atoms with Gasteiger partial charge in [0.25, 0.3) is 0 Å². The molecule has 0 radical (unpaired) electrons. The van der Waals surface area contributed by atoms with Gasteiger partial charge < -0.3 is 4.74 Å². The number of ether oxygens (including phenoxy) is 1. The van der Waals surface area contributed by atoms with Crippen molar-refractivity contribution < 1.29 is 14.3 Å². The van der Waals surface area contributed by atoms with E-state index < -0.39 is 0 Å². The van der Waals surface area contributed by atoms with Crippen molar-refractivity contribution in [3.8, 4) is 0 Å². The first-order valence-corrected chi connectivity index (χ1v) is 5.96. The number of carbonyl (C=O) groups excluding carboxylic acids is 2. The van der Waals surface area contributed by atoms with Crippen molar-refractivity contribution in [3.63, 3.8) is 0 Å². The number of aldehydes is 1. The zero-order chi connectivity index (χ0) is 13.7. The van der Waals surface area contributed by atoms with Gasteiger partial charge in [0.2, 0.25) is 0 Å². The van der Waals surface area contributed by atoms with Crippen LogP contribution in [0, 0.1) is 0 Å². The van der Waals surface area contributed by atoms with E-state index in [1.807, 2.05) is 30.3 Å². The summed E-state index contributed by atoms with van der Waals surface area (Å²) < 4.78 is 4.57. The molecule has 19 heavy (non-hydrogen) atoms. The number of hydrogen-bond donors (Lipinski definition) is 0. The molecule has 2 aromatic carbocycles. The highest BCUT2D eigenvalue weighted by molar-refractivity contribution is 5.98. The Morgan fingerprint density at radius 2 is 2.00 bits per heavy atom. The predicted octanol–water partition coefficient (Wildman–Crippen LogP) is 3.23. The van der Waals surface area contributed by atoms with Crippen LogP contribution < -0.4 is 0 Å². The van der Waals surface area contributed by atoms with Gasteiger partial charge in [0.1, 0.15) is 0 Å². The molecular weight excluding hydrogens is 240 g/mol. The van der Waals surface area contributed by atoms with Crippen molar-refractivity contribution in [1.82, 2.24) is 0 Å². The lowest BCUT2D eigenvalue weighted by atomic mass is 9.99. The van der Waals surface area contributed by atoms with Gasteiger partial charge in [-0.2, -0.15) is 0 Å². The van der Waals surface area contributed by atoms with Crippen molar-refractivity contribution in [2.24, 2.45) is 0 Å². The van der Waals surface area contributed by atoms with Gasteiger partial charge in [0, 0.05) is 5.56 Å². The highest BCUT2D eigenvalue weighted by Crippen LogP contribution is 2.23. The molecule has 3 heteroatoms. The summed E-state index contributed by atoms with van der Waals surface area (Å²) in [5.41, 5.74) is 1.44. The number of fused-ring (bicyclic) bond motifs is 1. The molecule has 0 aliphatic rings. The van der Waals surface area contributed by atoms with E-state index >= 15 is 0 Å². The Balaban J connectivity index is 2.44. The summed E-state index contributed by atoms with van der Waals surface area (Å²) >= 11 is 0. The number of carbonyl (C=O) groups is 2. The fourth-order valence-corrected chi connectivity index (χ4v) is 1.96. The van der Waals surface area contributed by atoms with E-state index in [1.54, 1.807) is 18.2 Å². The van der Waals surface area contributed by atoms with E-state index in [1.165, 1.54) is 7.11 Å². The molecule has 0 N–H and O–H groups in total. The van der Waals surface area contributed by atoms with Crippen molar-refractivity contribution in [2.75, 3.05) is 7.11 Å². The lowest BCUT2D eigenvalue weighted by molar-refractivity contribution is -0.139. The average Bonchev–Trinajstić information content (AvgIpc) is 2.47. The molecule has 3 nitrogen and oxygen atoms in total. The fraction of sp³-hybridized carbons (Fsp3) is 0.125. The molecule has 2 aromatic rings. The maximum absolute atomic E-state index is 11.1. The number of methoxy groups -OCH3 is 1. The maximum Gasteiger partial charge on any atom is 0.309 e. The molecule has 0 saturated carbocycles. The van der Waals surface area contributed by atoms with Crippen LogP contribution in [0.3, 0.4) is 0 Å². The van der Waals surface area contributed by atoms with E-state index in [9.17, 15) is 9.59 Å². The molecule has 0 unspecified atom stereocenters. The van der Waals surface area contributed by atoms with Gasteiger partial charge in [-0.05, 0) is 16.3 Å². The van der Waals surface area contributed by atoms with Crippen LogP contribution in [0.25, 0.3) is 16.8 Å². The Labute approximate surface area is 111 Å². The van der Waals surface area contributed by atoms with E-state index in [2.05, 4.69) is 4.74 Å². The van der Waals surface area contributed by atoms with E-state index in [0.29, 0.717) is 5.56 Å². The Bertz CT molecular complexity index is 641. The van der Waals surface area contributed by atoms with Crippen LogP contribution in [0.2, 0.25) is 0 Å². The van der Waals surface area contributed by atoms with Crippen LogP contribution in [0.15, 0.2) is 42.5 Å². The normalized spacial score (nSPS) is 10.8. The lowest BCUT2D eigenvalue weighted by Crippen LogP contribution is -1.97. The van der Waals surface area contributed by atoms with Gasteiger partial charge in [-0.25, -0.2) is 0 Å². The molecule has 0 fully saturated rings. The Kier molecular flexibility index (Phi) is 4.08. The second kappa shape index (κ2) is 5.96. The van der Waals surface area contributed by atoms with Crippen LogP contribution in [-0.4, -0.2) is 19.4 Å². The standard InChI is InChI=1S/C16H14O3/c1-19-16(18)8-4-7-15-13(11-17)10-9-12-5-2-3-6-14(12)15/h2-7,9-11H,8H2,1H3. The molecule has 0 spiro atoms. The average molecular weight is 254 g/mol. The smallest absolute Gasteiger partial charge is 0.309 e. The summed E-state index contributed by atoms with van der Waals surface area (Å²) in [7, 11) is 1.35. The summed E-state index contributed by atoms with van der Waals surface area (Å²) in [4.78, 5) is 22.2. The van der Waals surface area contributed by atoms with Gasteiger partial charge in [0.15, 0.2) is 6.29 Å². The van der Waals surface area contributed by atoms with Gasteiger partial charge in [0.05, 0.1) is 13.5 Å². The first-order valence-electron chi connectivity index (χ1n) is 5.96. The SMILES string of the molecule is COC(=O)CC=Cc1c(C=O)ccc2ccccc12. The molecule has 0 amide bonds. The predicted molar refractivity (Wildman–Crippen MR) is 75.0 cm³/mol. The highest BCUT2D eigenvalue weighted by Gasteiger charge is 2.04. The third-order valence-electron chi connectivity index (χ3n) is 2.93. The molecule has 0 atom stereocenters. The monoisotopic (exact) mass is 254 g/mol. The van der Waals surface area contributed by atoms with Gasteiger partial charge >= 0.3 is 5.97 Å². The van der Waals surface area contributed by atoms with Crippen molar-refractivity contribution in [3.05, 3.63) is 53.6 Å². The second-order valence-corrected chi connectivity index (χ2v) is 4.09. The minimum Gasteiger partial charge on any atom is -0.469 e. The molecule has 0 heterocycles. The molecule has 0 aliphatic heterocycles. The number of rotatable bonds is 4. The van der Waals surface area contributed by atoms with Crippen molar-refractivity contribution >= 4 is 29.1 Å². The van der Waals surface area contributed by atoms with Crippen LogP contribution in [-0.2, 0) is 9.53 Å². The largest absolute Gasteiger partial charge is 0.469 e. The number of benzene rings is 2. The Hall–Kier alpha value is -2.42. The summed E-state index contributed by atoms with van der Waals surface area (Å²) in [6.45, 7) is 0. The summed E-state index contributed by atoms with van der Waals surface area (Å²) in [6, 6.07) is 11.5. The van der Waals surface area contributed by atoms with Crippen LogP contribution in [0.1, 0.15) is 22.3 Å². The maximum atomic E-state index is 11.1. The Morgan fingerprint density at radius 3 is 2.74 bits per heavy atom. The van der Waals surface area contributed by atoms with E-state index in [-0.39, 0.29) is 12.4 Å². The zero-order valence-corrected chi connectivity index (χ0v) is 10.6. The van der Waals surface area contributed by atoms with Crippen molar-refractivity contribution in [1.29, 1.82) is 0 Å². The third kappa shape index (κ3) is 2.88. The minimum absolute atomic E-state index is 0.192. The van der Waals surface area contributed by atoms with Crippen LogP contribution in [0.4, 0.5) is 0 Å². The van der Waals surface area contributed by atoms with E-state index in [4.69, 9.17) is 0 Å². The quantitative estimate of drug-likeness (QED) is 0.621. The van der Waals surface area contributed by atoms with E-state index in [0.717, 1.165) is 22.6 Å². The van der Waals surface area contributed by atoms with Crippen LogP contribution in [0.5, 0.6) is 0 Å². The second-order valence-electron chi connectivity index (χ2n) is 4.09. The Morgan fingerprint density at radius 1 is 1.21 bits per heavy atom. The molecule has 96 valence electrons. The topological polar surface area (TPSA) is 43.4 Å².